The van der Waals surface area contributed by atoms with Crippen LogP contribution in [0, 0.1) is 19.3 Å². The fraction of sp³-hybridized carbons (Fsp3) is 0.769. The molecule has 1 rings (SSSR count). The Kier molecular flexibility index (Phi) is 4.14. The molecule has 0 saturated carbocycles. The summed E-state index contributed by atoms with van der Waals surface area (Å²) in [5, 5.41) is 4.59. The Labute approximate surface area is 99.0 Å². The summed E-state index contributed by atoms with van der Waals surface area (Å²) in [5.74, 6) is 0. The Morgan fingerprint density at radius 1 is 1.31 bits per heavy atom. The molecule has 0 aliphatic heterocycles. The second kappa shape index (κ2) is 5.00. The van der Waals surface area contributed by atoms with E-state index in [4.69, 9.17) is 5.73 Å². The highest BCUT2D eigenvalue weighted by molar-refractivity contribution is 5.24. The number of hydrogen-bond acceptors (Lipinski definition) is 2. The first-order valence-corrected chi connectivity index (χ1v) is 6.14. The Morgan fingerprint density at radius 2 is 1.94 bits per heavy atom. The van der Waals surface area contributed by atoms with Gasteiger partial charge in [0.05, 0.1) is 5.69 Å². The molecule has 0 unspecified atom stereocenters. The molecular formula is C13H25N3. The standard InChI is InChI=1S/C13H25N3/c1-6-12-10(2)15-16(11(12)3)8-7-13(4,5)9-14/h6-9,14H2,1-5H3. The van der Waals surface area contributed by atoms with E-state index in [1.165, 1.54) is 17.0 Å². The maximum atomic E-state index is 5.74. The first-order valence-electron chi connectivity index (χ1n) is 6.14. The second-order valence-corrected chi connectivity index (χ2v) is 5.34. The second-order valence-electron chi connectivity index (χ2n) is 5.34. The van der Waals surface area contributed by atoms with Crippen molar-refractivity contribution in [3.8, 4) is 0 Å². The number of nitrogens with zero attached hydrogens (tertiary/aromatic N) is 2. The lowest BCUT2D eigenvalue weighted by atomic mass is 9.90. The van der Waals surface area contributed by atoms with Crippen molar-refractivity contribution in [2.24, 2.45) is 11.1 Å². The zero-order valence-electron chi connectivity index (χ0n) is 11.3. The molecule has 0 aromatic carbocycles. The highest BCUT2D eigenvalue weighted by Crippen LogP contribution is 2.21. The highest BCUT2D eigenvalue weighted by Gasteiger charge is 2.17. The molecule has 2 N–H and O–H groups in total. The van der Waals surface area contributed by atoms with E-state index in [1.54, 1.807) is 0 Å². The Balaban J connectivity index is 2.75. The van der Waals surface area contributed by atoms with Crippen LogP contribution in [-0.4, -0.2) is 16.3 Å². The smallest absolute Gasteiger partial charge is 0.0628 e. The summed E-state index contributed by atoms with van der Waals surface area (Å²) < 4.78 is 2.13. The number of nitrogens with two attached hydrogens (primary N) is 1. The van der Waals surface area contributed by atoms with Crippen LogP contribution in [0.15, 0.2) is 0 Å². The Hall–Kier alpha value is -0.830. The molecule has 0 aliphatic rings. The van der Waals surface area contributed by atoms with Crippen LogP contribution in [0.3, 0.4) is 0 Å². The molecule has 1 aromatic heterocycles. The molecule has 1 aromatic rings. The molecule has 92 valence electrons. The summed E-state index contributed by atoms with van der Waals surface area (Å²) in [4.78, 5) is 0. The predicted octanol–water partition coefficient (Wildman–Crippen LogP) is 2.44. The van der Waals surface area contributed by atoms with E-state index < -0.39 is 0 Å². The van der Waals surface area contributed by atoms with Crippen LogP contribution in [0.5, 0.6) is 0 Å². The molecular weight excluding hydrogens is 198 g/mol. The monoisotopic (exact) mass is 223 g/mol. The van der Waals surface area contributed by atoms with E-state index in [9.17, 15) is 0 Å². The van der Waals surface area contributed by atoms with Crippen molar-refractivity contribution >= 4 is 0 Å². The summed E-state index contributed by atoms with van der Waals surface area (Å²) in [5.41, 5.74) is 9.83. The van der Waals surface area contributed by atoms with E-state index in [0.717, 1.165) is 25.9 Å². The highest BCUT2D eigenvalue weighted by atomic mass is 15.3. The molecule has 1 heterocycles. The molecule has 0 fully saturated rings. The summed E-state index contributed by atoms with van der Waals surface area (Å²) >= 11 is 0. The third-order valence-corrected chi connectivity index (χ3v) is 3.44. The van der Waals surface area contributed by atoms with Crippen molar-refractivity contribution < 1.29 is 0 Å². The number of rotatable bonds is 5. The normalized spacial score (nSPS) is 12.1. The van der Waals surface area contributed by atoms with Crippen LogP contribution in [0.25, 0.3) is 0 Å². The number of hydrogen-bond donors (Lipinski definition) is 1. The average Bonchev–Trinajstić information content (AvgIpc) is 2.51. The van der Waals surface area contributed by atoms with E-state index >= 15 is 0 Å². The topological polar surface area (TPSA) is 43.8 Å². The third-order valence-electron chi connectivity index (χ3n) is 3.44. The molecule has 3 heteroatoms. The quantitative estimate of drug-likeness (QED) is 0.833. The zero-order chi connectivity index (χ0) is 12.3. The van der Waals surface area contributed by atoms with Gasteiger partial charge in [0.1, 0.15) is 0 Å². The van der Waals surface area contributed by atoms with E-state index in [2.05, 4.69) is 44.4 Å². The minimum absolute atomic E-state index is 0.207. The molecule has 0 aliphatic carbocycles. The van der Waals surface area contributed by atoms with Crippen molar-refractivity contribution in [2.45, 2.75) is 54.0 Å². The van der Waals surface area contributed by atoms with Crippen LogP contribution >= 0.6 is 0 Å². The van der Waals surface area contributed by atoms with E-state index in [-0.39, 0.29) is 5.41 Å². The lowest BCUT2D eigenvalue weighted by Crippen LogP contribution is -2.25. The zero-order valence-corrected chi connectivity index (χ0v) is 11.3. The van der Waals surface area contributed by atoms with Crippen LogP contribution in [0.4, 0.5) is 0 Å². The predicted molar refractivity (Wildman–Crippen MR) is 68.5 cm³/mol. The van der Waals surface area contributed by atoms with E-state index in [0.29, 0.717) is 0 Å². The van der Waals surface area contributed by atoms with Gasteiger partial charge in [0.2, 0.25) is 0 Å². The minimum Gasteiger partial charge on any atom is -0.330 e. The van der Waals surface area contributed by atoms with Crippen molar-refractivity contribution in [3.05, 3.63) is 17.0 Å². The molecule has 0 bridgehead atoms. The Morgan fingerprint density at radius 3 is 2.38 bits per heavy atom. The van der Waals surface area contributed by atoms with Crippen molar-refractivity contribution in [2.75, 3.05) is 6.54 Å². The van der Waals surface area contributed by atoms with Gasteiger partial charge in [0.25, 0.3) is 0 Å². The van der Waals surface area contributed by atoms with E-state index in [1.807, 2.05) is 0 Å². The van der Waals surface area contributed by atoms with Gasteiger partial charge in [-0.1, -0.05) is 20.8 Å². The number of aryl methyl sites for hydroxylation is 2. The molecule has 0 amide bonds. The largest absolute Gasteiger partial charge is 0.330 e. The lowest BCUT2D eigenvalue weighted by Gasteiger charge is -2.22. The molecule has 3 nitrogen and oxygen atoms in total. The maximum absolute atomic E-state index is 5.74. The summed E-state index contributed by atoms with van der Waals surface area (Å²) in [6.07, 6.45) is 2.15. The van der Waals surface area contributed by atoms with Gasteiger partial charge in [-0.05, 0) is 44.2 Å². The van der Waals surface area contributed by atoms with Gasteiger partial charge >= 0.3 is 0 Å². The molecule has 0 radical (unpaired) electrons. The van der Waals surface area contributed by atoms with Gasteiger partial charge in [-0.3, -0.25) is 4.68 Å². The van der Waals surface area contributed by atoms with Gasteiger partial charge in [0, 0.05) is 12.2 Å². The average molecular weight is 223 g/mol. The first kappa shape index (κ1) is 13.2. The lowest BCUT2D eigenvalue weighted by molar-refractivity contribution is 0.315. The summed E-state index contributed by atoms with van der Waals surface area (Å²) in [6, 6.07) is 0. The van der Waals surface area contributed by atoms with Crippen LogP contribution in [0.1, 0.15) is 44.1 Å². The van der Waals surface area contributed by atoms with Crippen molar-refractivity contribution in [1.29, 1.82) is 0 Å². The third kappa shape index (κ3) is 2.85. The van der Waals surface area contributed by atoms with Crippen molar-refractivity contribution in [1.82, 2.24) is 9.78 Å². The fourth-order valence-corrected chi connectivity index (χ4v) is 1.97. The van der Waals surface area contributed by atoms with Crippen LogP contribution in [-0.2, 0) is 13.0 Å². The number of aromatic nitrogens is 2. The van der Waals surface area contributed by atoms with Crippen LogP contribution in [0.2, 0.25) is 0 Å². The summed E-state index contributed by atoms with van der Waals surface area (Å²) in [6.45, 7) is 12.6. The molecule has 16 heavy (non-hydrogen) atoms. The minimum atomic E-state index is 0.207. The van der Waals surface area contributed by atoms with Gasteiger partial charge in [-0.25, -0.2) is 0 Å². The van der Waals surface area contributed by atoms with Gasteiger partial charge < -0.3 is 5.73 Å². The van der Waals surface area contributed by atoms with Crippen molar-refractivity contribution in [3.63, 3.8) is 0 Å². The summed E-state index contributed by atoms with van der Waals surface area (Å²) in [7, 11) is 0. The molecule has 0 atom stereocenters. The molecule has 0 saturated heterocycles. The van der Waals surface area contributed by atoms with Crippen LogP contribution < -0.4 is 5.73 Å². The fourth-order valence-electron chi connectivity index (χ4n) is 1.97. The SMILES string of the molecule is CCc1c(C)nn(CCC(C)(C)CN)c1C. The molecule has 0 spiro atoms. The van der Waals surface area contributed by atoms with Gasteiger partial charge in [-0.2, -0.15) is 5.10 Å². The Bertz CT molecular complexity index is 350. The van der Waals surface area contributed by atoms with Gasteiger partial charge in [0.15, 0.2) is 0 Å². The maximum Gasteiger partial charge on any atom is 0.0628 e. The first-order chi connectivity index (χ1) is 7.41. The van der Waals surface area contributed by atoms with Gasteiger partial charge in [-0.15, -0.1) is 0 Å².